The number of carbonyl (C=O) groups excluding carboxylic acids is 2. The lowest BCUT2D eigenvalue weighted by Gasteiger charge is -2.27. The van der Waals surface area contributed by atoms with Gasteiger partial charge in [-0.15, -0.1) is 5.10 Å². The predicted octanol–water partition coefficient (Wildman–Crippen LogP) is 4.57. The first kappa shape index (κ1) is 27.9. The van der Waals surface area contributed by atoms with Gasteiger partial charge in [0.1, 0.15) is 5.60 Å². The van der Waals surface area contributed by atoms with Crippen molar-refractivity contribution in [3.63, 3.8) is 0 Å². The van der Waals surface area contributed by atoms with Crippen LogP contribution in [-0.2, 0) is 11.8 Å². The number of aromatic amines is 1. The highest BCUT2D eigenvalue weighted by Gasteiger charge is 2.34. The summed E-state index contributed by atoms with van der Waals surface area (Å²) in [5, 5.41) is 7.33. The number of ether oxygens (including phenoxy) is 2. The zero-order chi connectivity index (χ0) is 27.8. The molecule has 2 aromatic heterocycles. The van der Waals surface area contributed by atoms with E-state index in [4.69, 9.17) is 32.7 Å². The zero-order valence-corrected chi connectivity index (χ0v) is 22.6. The molecular weight excluding hydrogens is 529 g/mol. The van der Waals surface area contributed by atoms with E-state index in [9.17, 15) is 19.2 Å². The molecule has 0 bridgehead atoms. The Kier molecular flexibility index (Phi) is 7.84. The fourth-order valence-corrected chi connectivity index (χ4v) is 3.73. The van der Waals surface area contributed by atoms with Crippen LogP contribution in [0.1, 0.15) is 62.3 Å². The topological polar surface area (TPSA) is 150 Å². The minimum Gasteiger partial charge on any atom is -0.443 e. The lowest BCUT2D eigenvalue weighted by Crippen LogP contribution is -2.42. The number of carbonyl (C=O) groups is 2. The third-order valence-electron chi connectivity index (χ3n) is 4.95. The lowest BCUT2D eigenvalue weighted by atomic mass is 10.1. The molecule has 0 spiro atoms. The van der Waals surface area contributed by atoms with Crippen molar-refractivity contribution in [3.05, 3.63) is 60.0 Å². The van der Waals surface area contributed by atoms with E-state index in [1.54, 1.807) is 20.8 Å². The minimum absolute atomic E-state index is 0.0168. The average molecular weight is 554 g/mol. The summed E-state index contributed by atoms with van der Waals surface area (Å²) in [7, 11) is 1.48. The summed E-state index contributed by atoms with van der Waals surface area (Å²) in [6.07, 6.45) is -1.08. The second-order valence-corrected chi connectivity index (χ2v) is 10.1. The van der Waals surface area contributed by atoms with E-state index in [0.717, 1.165) is 4.68 Å². The number of H-pyrrole nitrogens is 1. The van der Waals surface area contributed by atoms with Crippen LogP contribution in [0, 0.1) is 6.92 Å². The monoisotopic (exact) mass is 553 g/mol. The molecule has 0 aliphatic carbocycles. The summed E-state index contributed by atoms with van der Waals surface area (Å²) in [6, 6.07) is 2.75. The van der Waals surface area contributed by atoms with Crippen molar-refractivity contribution >= 4 is 40.9 Å². The summed E-state index contributed by atoms with van der Waals surface area (Å²) >= 11 is 13.1. The number of rotatable bonds is 5. The molecule has 12 nitrogen and oxygen atoms in total. The van der Waals surface area contributed by atoms with Gasteiger partial charge in [0, 0.05) is 18.7 Å². The van der Waals surface area contributed by atoms with Crippen LogP contribution in [0.4, 0.5) is 10.5 Å². The number of hydrogen-bond acceptors (Lipinski definition) is 9. The van der Waals surface area contributed by atoms with Gasteiger partial charge in [0.2, 0.25) is 11.7 Å². The van der Waals surface area contributed by atoms with Gasteiger partial charge in [0.25, 0.3) is 5.56 Å². The van der Waals surface area contributed by atoms with Crippen LogP contribution >= 0.6 is 23.2 Å². The van der Waals surface area contributed by atoms with Crippen LogP contribution < -0.4 is 21.0 Å². The number of imide groups is 1. The van der Waals surface area contributed by atoms with Crippen molar-refractivity contribution < 1.29 is 23.6 Å². The second kappa shape index (κ2) is 10.4. The van der Waals surface area contributed by atoms with Gasteiger partial charge in [-0.25, -0.2) is 19.2 Å². The fraction of sp³-hybridized carbons (Fsp3) is 0.391. The van der Waals surface area contributed by atoms with Crippen LogP contribution in [0.15, 0.2) is 26.2 Å². The highest BCUT2D eigenvalue weighted by molar-refractivity contribution is 6.38. The van der Waals surface area contributed by atoms with E-state index in [-0.39, 0.29) is 44.4 Å². The van der Waals surface area contributed by atoms with Crippen molar-refractivity contribution in [2.75, 3.05) is 4.90 Å². The number of nitrogens with zero attached hydrogens (tertiary/aromatic N) is 4. The molecule has 14 heteroatoms. The van der Waals surface area contributed by atoms with E-state index < -0.39 is 29.2 Å². The zero-order valence-electron chi connectivity index (χ0n) is 21.1. The quantitative estimate of drug-likeness (QED) is 0.479. The maximum absolute atomic E-state index is 13.2. The minimum atomic E-state index is -1.08. The number of aromatic nitrogens is 4. The van der Waals surface area contributed by atoms with E-state index >= 15 is 0 Å². The van der Waals surface area contributed by atoms with Crippen LogP contribution in [0.25, 0.3) is 0 Å². The molecule has 0 saturated carbocycles. The molecule has 0 radical (unpaired) electrons. The highest BCUT2D eigenvalue weighted by atomic mass is 35.5. The van der Waals surface area contributed by atoms with E-state index in [1.807, 2.05) is 13.8 Å². The SMILES string of the molecule is Cc1c(N(C(=O)OC(C)(C)C)C(=O)c2noc(=O)[nH]2)cc(Cl)c(Oc2cc(C(C)C)c(=O)n(C)n2)c1Cl. The van der Waals surface area contributed by atoms with Crippen molar-refractivity contribution in [1.29, 1.82) is 0 Å². The smallest absolute Gasteiger partial charge is 0.439 e. The summed E-state index contributed by atoms with van der Waals surface area (Å²) < 4.78 is 16.8. The highest BCUT2D eigenvalue weighted by Crippen LogP contribution is 2.43. The van der Waals surface area contributed by atoms with Crippen molar-refractivity contribution in [2.45, 2.75) is 53.1 Å². The molecule has 0 aliphatic rings. The Morgan fingerprint density at radius 2 is 1.84 bits per heavy atom. The van der Waals surface area contributed by atoms with Gasteiger partial charge in [-0.1, -0.05) is 37.0 Å². The van der Waals surface area contributed by atoms with E-state index in [0.29, 0.717) is 10.5 Å². The Morgan fingerprint density at radius 3 is 2.38 bits per heavy atom. The Bertz CT molecular complexity index is 1480. The molecule has 0 saturated heterocycles. The van der Waals surface area contributed by atoms with Crippen LogP contribution in [0.5, 0.6) is 11.6 Å². The molecule has 37 heavy (non-hydrogen) atoms. The van der Waals surface area contributed by atoms with Gasteiger partial charge in [-0.05, 0) is 50.4 Å². The first-order chi connectivity index (χ1) is 17.1. The van der Waals surface area contributed by atoms with Gasteiger partial charge < -0.3 is 9.47 Å². The van der Waals surface area contributed by atoms with E-state index in [1.165, 1.54) is 26.1 Å². The van der Waals surface area contributed by atoms with Gasteiger partial charge in [0.15, 0.2) is 5.75 Å². The molecule has 3 rings (SSSR count). The Labute approximate surface area is 221 Å². The predicted molar refractivity (Wildman–Crippen MR) is 135 cm³/mol. The van der Waals surface area contributed by atoms with Crippen molar-refractivity contribution in [1.82, 2.24) is 19.9 Å². The fourth-order valence-electron chi connectivity index (χ4n) is 3.21. The maximum atomic E-state index is 13.2. The number of hydrogen-bond donors (Lipinski definition) is 1. The number of anilines is 1. The third kappa shape index (κ3) is 6.03. The number of nitrogens with one attached hydrogen (secondary N) is 1. The average Bonchev–Trinajstić information content (AvgIpc) is 3.22. The molecular formula is C23H25Cl2N5O7. The van der Waals surface area contributed by atoms with Crippen molar-refractivity contribution in [3.8, 4) is 11.6 Å². The van der Waals surface area contributed by atoms with Gasteiger partial charge in [-0.3, -0.25) is 19.1 Å². The van der Waals surface area contributed by atoms with E-state index in [2.05, 4.69) is 19.8 Å². The maximum Gasteiger partial charge on any atom is 0.439 e. The standard InChI is InChI=1S/C23H25Cl2N5O7/c1-10(2)12-8-15(27-29(7)19(12)31)35-17-13(24)9-14(11(3)16(17)25)30(22(34)36-23(4,5)6)20(32)18-26-21(33)37-28-18/h8-10H,1-7H3,(H,26,28,33). The Balaban J connectivity index is 2.12. The molecule has 1 N–H and O–H groups in total. The van der Waals surface area contributed by atoms with Gasteiger partial charge >= 0.3 is 17.8 Å². The third-order valence-corrected chi connectivity index (χ3v) is 5.69. The molecule has 0 aliphatic heterocycles. The number of amides is 2. The lowest BCUT2D eigenvalue weighted by molar-refractivity contribution is 0.0562. The van der Waals surface area contributed by atoms with Crippen LogP contribution in [-0.4, -0.2) is 37.5 Å². The Morgan fingerprint density at radius 1 is 1.19 bits per heavy atom. The summed E-state index contributed by atoms with van der Waals surface area (Å²) in [5.74, 6) is -2.65. The largest absolute Gasteiger partial charge is 0.443 e. The summed E-state index contributed by atoms with van der Waals surface area (Å²) in [6.45, 7) is 10.1. The molecule has 2 heterocycles. The van der Waals surface area contributed by atoms with Gasteiger partial charge in [-0.2, -0.15) is 0 Å². The van der Waals surface area contributed by atoms with Crippen molar-refractivity contribution in [2.24, 2.45) is 7.05 Å². The Hall–Kier alpha value is -3.64. The van der Waals surface area contributed by atoms with Crippen LogP contribution in [0.3, 0.4) is 0 Å². The molecule has 2 amide bonds. The summed E-state index contributed by atoms with van der Waals surface area (Å²) in [5.41, 5.74) is -0.623. The number of aryl methyl sites for hydroxylation is 1. The molecule has 198 valence electrons. The molecule has 0 unspecified atom stereocenters. The molecule has 0 fully saturated rings. The summed E-state index contributed by atoms with van der Waals surface area (Å²) in [4.78, 5) is 52.7. The molecule has 3 aromatic rings. The van der Waals surface area contributed by atoms with Gasteiger partial charge in [0.05, 0.1) is 15.7 Å². The first-order valence-electron chi connectivity index (χ1n) is 11.0. The number of halogens is 2. The first-order valence-corrected chi connectivity index (χ1v) is 11.7. The second-order valence-electron chi connectivity index (χ2n) is 9.33. The van der Waals surface area contributed by atoms with Crippen LogP contribution in [0.2, 0.25) is 10.0 Å². The number of benzene rings is 1. The normalized spacial score (nSPS) is 11.5. The molecule has 1 aromatic carbocycles. The molecule has 0 atom stereocenters.